The van der Waals surface area contributed by atoms with Crippen LogP contribution < -0.4 is 9.50 Å². The van der Waals surface area contributed by atoms with Crippen LogP contribution in [0.2, 0.25) is 0 Å². The van der Waals surface area contributed by atoms with Crippen LogP contribution in [0, 0.1) is 0 Å². The van der Waals surface area contributed by atoms with E-state index in [1.54, 1.807) is 29.2 Å². The Morgan fingerprint density at radius 3 is 2.35 bits per heavy atom. The van der Waals surface area contributed by atoms with Crippen LogP contribution >= 0.6 is 0 Å². The van der Waals surface area contributed by atoms with Gasteiger partial charge in [-0.05, 0) is 49.4 Å². The number of rotatable bonds is 8. The lowest BCUT2D eigenvalue weighted by atomic mass is 10.1. The van der Waals surface area contributed by atoms with Gasteiger partial charge in [0, 0.05) is 18.0 Å². The monoisotopic (exact) mass is 440 g/mol. The summed E-state index contributed by atoms with van der Waals surface area (Å²) in [5.74, 6) is 0.172. The Hall–Kier alpha value is -3.06. The van der Waals surface area contributed by atoms with Gasteiger partial charge in [-0.2, -0.15) is 8.42 Å². The molecule has 7 heteroatoms. The number of fused-ring (bicyclic) bond motifs is 1. The van der Waals surface area contributed by atoms with E-state index < -0.39 is 10.1 Å². The van der Waals surface area contributed by atoms with Gasteiger partial charge >= 0.3 is 16.1 Å². The summed E-state index contributed by atoms with van der Waals surface area (Å²) in [7, 11) is -3.57. The molecule has 1 N–H and O–H groups in total. The Morgan fingerprint density at radius 2 is 1.68 bits per heavy atom. The first-order valence-corrected chi connectivity index (χ1v) is 12.0. The Balaban J connectivity index is 1.78. The van der Waals surface area contributed by atoms with E-state index in [4.69, 9.17) is 4.18 Å². The van der Waals surface area contributed by atoms with E-state index in [2.05, 4.69) is 5.32 Å². The van der Waals surface area contributed by atoms with Crippen molar-refractivity contribution in [1.82, 2.24) is 4.90 Å². The van der Waals surface area contributed by atoms with Crippen LogP contribution in [0.25, 0.3) is 10.8 Å². The van der Waals surface area contributed by atoms with Crippen LogP contribution in [0.3, 0.4) is 0 Å². The van der Waals surface area contributed by atoms with Crippen molar-refractivity contribution in [2.45, 2.75) is 39.8 Å². The molecule has 6 nitrogen and oxygen atoms in total. The normalized spacial score (nSPS) is 12.4. The predicted octanol–water partition coefficient (Wildman–Crippen LogP) is 5.40. The fraction of sp³-hybridized carbons (Fsp3) is 0.292. The predicted molar refractivity (Wildman–Crippen MR) is 125 cm³/mol. The van der Waals surface area contributed by atoms with Gasteiger partial charge in [-0.3, -0.25) is 0 Å². The van der Waals surface area contributed by atoms with Crippen molar-refractivity contribution in [3.63, 3.8) is 0 Å². The average Bonchev–Trinajstić information content (AvgIpc) is 2.78. The van der Waals surface area contributed by atoms with Crippen LogP contribution in [0.4, 0.5) is 10.5 Å². The van der Waals surface area contributed by atoms with Gasteiger partial charge in [-0.25, -0.2) is 4.79 Å². The van der Waals surface area contributed by atoms with E-state index in [9.17, 15) is 13.2 Å². The van der Waals surface area contributed by atoms with Gasteiger partial charge in [0.05, 0.1) is 11.4 Å². The summed E-state index contributed by atoms with van der Waals surface area (Å²) in [6.45, 7) is 5.97. The minimum absolute atomic E-state index is 0.0198. The van der Waals surface area contributed by atoms with Gasteiger partial charge in [0.15, 0.2) is 0 Å². The maximum Gasteiger partial charge on any atom is 0.322 e. The molecule has 0 aromatic heterocycles. The molecule has 2 amide bonds. The number of nitrogens with one attached hydrogen (secondary N) is 1. The summed E-state index contributed by atoms with van der Waals surface area (Å²) >= 11 is 0. The van der Waals surface area contributed by atoms with Crippen molar-refractivity contribution in [3.05, 3.63) is 72.3 Å². The van der Waals surface area contributed by atoms with E-state index in [1.165, 1.54) is 6.92 Å². The molecule has 1 unspecified atom stereocenters. The first-order valence-electron chi connectivity index (χ1n) is 10.4. The molecule has 3 aromatic rings. The summed E-state index contributed by atoms with van der Waals surface area (Å²) < 4.78 is 28.3. The van der Waals surface area contributed by atoms with Crippen molar-refractivity contribution in [1.29, 1.82) is 0 Å². The average molecular weight is 441 g/mol. The van der Waals surface area contributed by atoms with E-state index in [-0.39, 0.29) is 23.6 Å². The highest BCUT2D eigenvalue weighted by Crippen LogP contribution is 2.24. The van der Waals surface area contributed by atoms with Crippen molar-refractivity contribution in [2.24, 2.45) is 0 Å². The summed E-state index contributed by atoms with van der Waals surface area (Å²) in [4.78, 5) is 14.9. The Bertz CT molecular complexity index is 1140. The van der Waals surface area contributed by atoms with E-state index >= 15 is 0 Å². The second-order valence-electron chi connectivity index (χ2n) is 7.42. The van der Waals surface area contributed by atoms with Crippen molar-refractivity contribution in [3.8, 4) is 5.75 Å². The molecule has 31 heavy (non-hydrogen) atoms. The van der Waals surface area contributed by atoms with E-state index in [0.29, 0.717) is 6.54 Å². The van der Waals surface area contributed by atoms with Crippen LogP contribution in [0.1, 0.15) is 32.8 Å². The molecule has 0 saturated heterocycles. The minimum Gasteiger partial charge on any atom is -0.382 e. The zero-order valence-electron chi connectivity index (χ0n) is 18.0. The van der Waals surface area contributed by atoms with Gasteiger partial charge in [-0.1, -0.05) is 55.5 Å². The van der Waals surface area contributed by atoms with Gasteiger partial charge in [0.2, 0.25) is 0 Å². The Morgan fingerprint density at radius 1 is 1.00 bits per heavy atom. The molecule has 0 spiro atoms. The van der Waals surface area contributed by atoms with Gasteiger partial charge < -0.3 is 14.4 Å². The highest BCUT2D eigenvalue weighted by atomic mass is 32.2. The number of hydrogen-bond acceptors (Lipinski definition) is 4. The number of carbonyl (C=O) groups is 1. The number of hydrogen-bond donors (Lipinski definition) is 1. The minimum atomic E-state index is -3.57. The van der Waals surface area contributed by atoms with Crippen LogP contribution in [-0.4, -0.2) is 31.1 Å². The number of amides is 2. The summed E-state index contributed by atoms with van der Waals surface area (Å²) in [6.07, 6.45) is 0.804. The molecular weight excluding hydrogens is 412 g/mol. The molecule has 3 aromatic carbocycles. The molecule has 0 aliphatic carbocycles. The summed E-state index contributed by atoms with van der Waals surface area (Å²) in [6, 6.07) is 20.4. The lowest BCUT2D eigenvalue weighted by molar-refractivity contribution is 0.187. The fourth-order valence-corrected chi connectivity index (χ4v) is 3.74. The van der Waals surface area contributed by atoms with Gasteiger partial charge in [0.25, 0.3) is 0 Å². The molecule has 0 bridgehead atoms. The number of nitrogens with zero attached hydrogens (tertiary/aromatic N) is 1. The SMILES string of the molecule is CCC(C)N(Cc1ccc(OS(=O)(=O)CC)cc1)C(=O)Nc1cccc2ccccc12. The first-order chi connectivity index (χ1) is 14.8. The number of carbonyl (C=O) groups excluding carboxylic acids is 1. The lowest BCUT2D eigenvalue weighted by Gasteiger charge is -2.29. The molecule has 0 aliphatic rings. The third-order valence-electron chi connectivity index (χ3n) is 5.27. The molecule has 0 fully saturated rings. The zero-order valence-corrected chi connectivity index (χ0v) is 18.9. The van der Waals surface area contributed by atoms with Crippen LogP contribution in [0.5, 0.6) is 5.75 Å². The van der Waals surface area contributed by atoms with E-state index in [0.717, 1.165) is 28.4 Å². The number of benzene rings is 3. The topological polar surface area (TPSA) is 75.7 Å². The van der Waals surface area contributed by atoms with Crippen molar-refractivity contribution in [2.75, 3.05) is 11.1 Å². The standard InChI is InChI=1S/C24H28N2O4S/c1-4-18(3)26(17-19-13-15-21(16-14-19)30-31(28,29)5-2)24(27)25-23-12-8-10-20-9-6-7-11-22(20)23/h6-16,18H,4-5,17H2,1-3H3,(H,25,27). The lowest BCUT2D eigenvalue weighted by Crippen LogP contribution is -2.40. The fourth-order valence-electron chi connectivity index (χ4n) is 3.22. The van der Waals surface area contributed by atoms with Crippen LogP contribution in [0.15, 0.2) is 66.7 Å². The van der Waals surface area contributed by atoms with Gasteiger partial charge in [-0.15, -0.1) is 0 Å². The number of urea groups is 1. The Kier molecular flexibility index (Phi) is 7.17. The summed E-state index contributed by atoms with van der Waals surface area (Å²) in [5, 5.41) is 5.10. The first kappa shape index (κ1) is 22.6. The van der Waals surface area contributed by atoms with Gasteiger partial charge in [0.1, 0.15) is 5.75 Å². The molecular formula is C24H28N2O4S. The maximum atomic E-state index is 13.2. The molecule has 1 atom stereocenters. The van der Waals surface area contributed by atoms with Crippen molar-refractivity contribution < 1.29 is 17.4 Å². The smallest absolute Gasteiger partial charge is 0.322 e. The van der Waals surface area contributed by atoms with Crippen LogP contribution in [-0.2, 0) is 16.7 Å². The molecule has 0 radical (unpaired) electrons. The second-order valence-corrected chi connectivity index (χ2v) is 9.28. The third-order valence-corrected chi connectivity index (χ3v) is 6.42. The Labute approximate surface area is 184 Å². The quantitative estimate of drug-likeness (QED) is 0.476. The largest absolute Gasteiger partial charge is 0.382 e. The van der Waals surface area contributed by atoms with E-state index in [1.807, 2.05) is 56.3 Å². The summed E-state index contributed by atoms with van der Waals surface area (Å²) in [5.41, 5.74) is 1.65. The molecule has 164 valence electrons. The number of anilines is 1. The molecule has 0 saturated carbocycles. The third kappa shape index (κ3) is 5.76. The molecule has 3 rings (SSSR count). The van der Waals surface area contributed by atoms with Crippen molar-refractivity contribution >= 4 is 32.6 Å². The zero-order chi connectivity index (χ0) is 22.4. The molecule has 0 heterocycles. The maximum absolute atomic E-state index is 13.2. The second kappa shape index (κ2) is 9.83. The highest BCUT2D eigenvalue weighted by molar-refractivity contribution is 7.87. The highest BCUT2D eigenvalue weighted by Gasteiger charge is 2.20. The molecule has 0 aliphatic heterocycles.